The number of thiophene rings is 1. The maximum absolute atomic E-state index is 11.5. The Hall–Kier alpha value is -1.95. The van der Waals surface area contributed by atoms with Crippen molar-refractivity contribution >= 4 is 31.8 Å². The van der Waals surface area contributed by atoms with E-state index in [-0.39, 0.29) is 5.56 Å². The summed E-state index contributed by atoms with van der Waals surface area (Å²) in [6.45, 7) is 0. The summed E-state index contributed by atoms with van der Waals surface area (Å²) in [6, 6.07) is 3.66. The van der Waals surface area contributed by atoms with Gasteiger partial charge in [0, 0.05) is 6.20 Å². The van der Waals surface area contributed by atoms with Crippen LogP contribution in [0, 0.1) is 0 Å². The Morgan fingerprint density at radius 3 is 3.00 bits per heavy atom. The van der Waals surface area contributed by atoms with E-state index in [0.29, 0.717) is 15.7 Å². The van der Waals surface area contributed by atoms with Crippen LogP contribution < -0.4 is 11.2 Å². The molecule has 0 aliphatic heterocycles. The molecule has 3 aromatic rings. The molecule has 3 aromatic heterocycles. The summed E-state index contributed by atoms with van der Waals surface area (Å²) in [5.74, 6) is 0. The van der Waals surface area contributed by atoms with Crippen LogP contribution >= 0.6 is 11.3 Å². The van der Waals surface area contributed by atoms with Gasteiger partial charge in [-0.3, -0.25) is 14.8 Å². The van der Waals surface area contributed by atoms with Gasteiger partial charge in [0.25, 0.3) is 5.56 Å². The van der Waals surface area contributed by atoms with Gasteiger partial charge < -0.3 is 4.98 Å². The molecule has 0 spiro atoms. The molecule has 5 nitrogen and oxygen atoms in total. The van der Waals surface area contributed by atoms with Crippen molar-refractivity contribution in [1.29, 1.82) is 0 Å². The molecule has 0 aromatic carbocycles. The molecular weight excluding hydrogens is 214 g/mol. The summed E-state index contributed by atoms with van der Waals surface area (Å²) in [6.07, 6.45) is 1.63. The quantitative estimate of drug-likeness (QED) is 0.587. The fraction of sp³-hybridized carbons (Fsp3) is 0. The third-order valence-electron chi connectivity index (χ3n) is 2.12. The van der Waals surface area contributed by atoms with Crippen molar-refractivity contribution in [3.05, 3.63) is 39.2 Å². The normalized spacial score (nSPS) is 11.2. The van der Waals surface area contributed by atoms with Gasteiger partial charge in [0.05, 0.1) is 10.2 Å². The second-order valence-electron chi connectivity index (χ2n) is 3.06. The van der Waals surface area contributed by atoms with Crippen LogP contribution in [0.3, 0.4) is 0 Å². The van der Waals surface area contributed by atoms with E-state index >= 15 is 0 Å². The van der Waals surface area contributed by atoms with Crippen LogP contribution in [0.4, 0.5) is 0 Å². The Bertz CT molecular complexity index is 768. The lowest BCUT2D eigenvalue weighted by Gasteiger charge is -1.88. The average molecular weight is 219 g/mol. The molecule has 0 saturated heterocycles. The first-order chi connectivity index (χ1) is 7.25. The molecule has 0 unspecified atom stereocenters. The Morgan fingerprint density at radius 1 is 1.27 bits per heavy atom. The van der Waals surface area contributed by atoms with Crippen LogP contribution in [0.2, 0.25) is 0 Å². The number of aromatic amines is 2. The highest BCUT2D eigenvalue weighted by Crippen LogP contribution is 2.26. The zero-order valence-electron chi connectivity index (χ0n) is 7.40. The van der Waals surface area contributed by atoms with E-state index in [0.717, 1.165) is 4.70 Å². The van der Waals surface area contributed by atoms with Crippen molar-refractivity contribution in [3.8, 4) is 0 Å². The lowest BCUT2D eigenvalue weighted by atomic mass is 10.3. The SMILES string of the molecule is O=c1[nH]c(=O)c2sc3cccnc3c2[nH]1. The summed E-state index contributed by atoms with van der Waals surface area (Å²) in [5, 5.41) is 0. The topological polar surface area (TPSA) is 78.6 Å². The van der Waals surface area contributed by atoms with Crippen molar-refractivity contribution in [2.45, 2.75) is 0 Å². The van der Waals surface area contributed by atoms with Gasteiger partial charge in [-0.2, -0.15) is 0 Å². The Balaban J connectivity index is 2.73. The second-order valence-corrected chi connectivity index (χ2v) is 4.12. The molecule has 0 aliphatic carbocycles. The van der Waals surface area contributed by atoms with Gasteiger partial charge in [0.15, 0.2) is 0 Å². The third kappa shape index (κ3) is 1.11. The van der Waals surface area contributed by atoms with Crippen molar-refractivity contribution < 1.29 is 0 Å². The van der Waals surface area contributed by atoms with Crippen molar-refractivity contribution in [2.75, 3.05) is 0 Å². The lowest BCUT2D eigenvalue weighted by Crippen LogP contribution is -2.20. The zero-order valence-corrected chi connectivity index (χ0v) is 8.22. The van der Waals surface area contributed by atoms with Gasteiger partial charge in [0.2, 0.25) is 0 Å². The van der Waals surface area contributed by atoms with Crippen LogP contribution in [0.15, 0.2) is 27.9 Å². The molecule has 0 amide bonds. The zero-order chi connectivity index (χ0) is 10.4. The molecule has 2 N–H and O–H groups in total. The average Bonchev–Trinajstić information content (AvgIpc) is 2.57. The van der Waals surface area contributed by atoms with Gasteiger partial charge in [-0.1, -0.05) is 0 Å². The van der Waals surface area contributed by atoms with Crippen LogP contribution in [0.25, 0.3) is 20.4 Å². The van der Waals surface area contributed by atoms with Gasteiger partial charge >= 0.3 is 5.69 Å². The predicted molar refractivity (Wildman–Crippen MR) is 58.4 cm³/mol. The summed E-state index contributed by atoms with van der Waals surface area (Å²) in [5.41, 5.74) is 0.319. The largest absolute Gasteiger partial charge is 0.326 e. The molecule has 6 heteroatoms. The Kier molecular flexibility index (Phi) is 1.54. The second kappa shape index (κ2) is 2.77. The fourth-order valence-corrected chi connectivity index (χ4v) is 2.52. The van der Waals surface area contributed by atoms with Crippen LogP contribution in [0.5, 0.6) is 0 Å². The molecule has 3 heterocycles. The maximum Gasteiger partial charge on any atom is 0.326 e. The van der Waals surface area contributed by atoms with E-state index in [1.807, 2.05) is 6.07 Å². The molecule has 0 bridgehead atoms. The minimum absolute atomic E-state index is 0.364. The van der Waals surface area contributed by atoms with Gasteiger partial charge in [0.1, 0.15) is 10.2 Å². The number of pyridine rings is 1. The minimum Gasteiger partial charge on any atom is -0.304 e. The first kappa shape index (κ1) is 8.37. The summed E-state index contributed by atoms with van der Waals surface area (Å²) >= 11 is 1.32. The van der Waals surface area contributed by atoms with E-state index in [1.165, 1.54) is 11.3 Å². The van der Waals surface area contributed by atoms with E-state index in [4.69, 9.17) is 0 Å². The van der Waals surface area contributed by atoms with E-state index in [9.17, 15) is 9.59 Å². The fourth-order valence-electron chi connectivity index (χ4n) is 1.51. The highest BCUT2D eigenvalue weighted by Gasteiger charge is 2.09. The first-order valence-corrected chi connectivity index (χ1v) is 5.07. The number of hydrogen-bond donors (Lipinski definition) is 2. The molecule has 3 rings (SSSR count). The molecule has 0 saturated carbocycles. The van der Waals surface area contributed by atoms with Gasteiger partial charge in [-0.05, 0) is 12.1 Å². The number of nitrogens with zero attached hydrogens (tertiary/aromatic N) is 1. The van der Waals surface area contributed by atoms with E-state index < -0.39 is 5.69 Å². The molecule has 15 heavy (non-hydrogen) atoms. The number of nitrogens with one attached hydrogen (secondary N) is 2. The molecule has 74 valence electrons. The summed E-state index contributed by atoms with van der Waals surface area (Å²) < 4.78 is 1.39. The van der Waals surface area contributed by atoms with Crippen LogP contribution in [-0.2, 0) is 0 Å². The molecule has 0 atom stereocenters. The van der Waals surface area contributed by atoms with Crippen LogP contribution in [0.1, 0.15) is 0 Å². The summed E-state index contributed by atoms with van der Waals surface area (Å²) in [4.78, 5) is 31.5. The van der Waals surface area contributed by atoms with Crippen molar-refractivity contribution in [2.24, 2.45) is 0 Å². The van der Waals surface area contributed by atoms with Crippen molar-refractivity contribution in [1.82, 2.24) is 15.0 Å². The number of H-pyrrole nitrogens is 2. The monoisotopic (exact) mass is 219 g/mol. The third-order valence-corrected chi connectivity index (χ3v) is 3.26. The minimum atomic E-state index is -0.502. The van der Waals surface area contributed by atoms with Crippen LogP contribution in [-0.4, -0.2) is 15.0 Å². The number of rotatable bonds is 0. The Labute approximate surface area is 86.4 Å². The van der Waals surface area contributed by atoms with E-state index in [2.05, 4.69) is 15.0 Å². The number of hydrogen-bond acceptors (Lipinski definition) is 4. The smallest absolute Gasteiger partial charge is 0.304 e. The number of aromatic nitrogens is 3. The first-order valence-electron chi connectivity index (χ1n) is 4.25. The molecule has 0 fully saturated rings. The van der Waals surface area contributed by atoms with E-state index in [1.54, 1.807) is 12.3 Å². The highest BCUT2D eigenvalue weighted by molar-refractivity contribution is 7.25. The van der Waals surface area contributed by atoms with Crippen molar-refractivity contribution in [3.63, 3.8) is 0 Å². The molecule has 0 aliphatic rings. The Morgan fingerprint density at radius 2 is 2.13 bits per heavy atom. The lowest BCUT2D eigenvalue weighted by molar-refractivity contribution is 1.09. The van der Waals surface area contributed by atoms with Gasteiger partial charge in [-0.25, -0.2) is 4.79 Å². The predicted octanol–water partition coefficient (Wildman–Crippen LogP) is 0.826. The maximum atomic E-state index is 11.5. The van der Waals surface area contributed by atoms with Gasteiger partial charge in [-0.15, -0.1) is 11.3 Å². The molecule has 0 radical (unpaired) electrons. The molecular formula is C9H5N3O2S. The number of fused-ring (bicyclic) bond motifs is 3. The highest BCUT2D eigenvalue weighted by atomic mass is 32.1. The standard InChI is InChI=1S/C9H5N3O2S/c13-8-7-6(11-9(14)12-8)5-4(15-7)2-1-3-10-5/h1-3H,(H2,11,12,13,14). The summed E-state index contributed by atoms with van der Waals surface area (Å²) in [7, 11) is 0.